The minimum absolute atomic E-state index is 0.197. The second kappa shape index (κ2) is 7.43. The van der Waals surface area contributed by atoms with Crippen molar-refractivity contribution in [2.75, 3.05) is 5.73 Å². The number of H-pyrrole nitrogens is 1. The van der Waals surface area contributed by atoms with Gasteiger partial charge in [-0.15, -0.1) is 0 Å². The van der Waals surface area contributed by atoms with Crippen LogP contribution in [0.2, 0.25) is 0 Å². The van der Waals surface area contributed by atoms with Gasteiger partial charge in [0, 0.05) is 20.9 Å². The number of hydrogen-bond donors (Lipinski definition) is 3. The largest absolute Gasteiger partial charge is 0.368 e. The summed E-state index contributed by atoms with van der Waals surface area (Å²) < 4.78 is 0.920. The van der Waals surface area contributed by atoms with E-state index in [4.69, 9.17) is 11.5 Å². The van der Waals surface area contributed by atoms with Crippen LogP contribution in [-0.4, -0.2) is 20.9 Å². The van der Waals surface area contributed by atoms with Crippen LogP contribution in [0.25, 0.3) is 33.8 Å². The number of anilines is 1. The first kappa shape index (κ1) is 18.2. The molecule has 4 aromatic rings. The molecule has 6 nitrogen and oxygen atoms in total. The van der Waals surface area contributed by atoms with Crippen molar-refractivity contribution < 1.29 is 4.79 Å². The fraction of sp³-hybridized carbons (Fsp3) is 0. The second-order valence-electron chi connectivity index (χ2n) is 6.14. The quantitative estimate of drug-likeness (QED) is 0.382. The second-order valence-corrected chi connectivity index (χ2v) is 7.22. The van der Waals surface area contributed by atoms with Crippen molar-refractivity contribution in [3.05, 3.63) is 76.0 Å². The monoisotopic (exact) mass is 481 g/mol. The molecule has 0 saturated heterocycles. The van der Waals surface area contributed by atoms with Gasteiger partial charge in [-0.25, -0.2) is 9.97 Å². The first-order chi connectivity index (χ1) is 13.6. The predicted molar refractivity (Wildman–Crippen MR) is 118 cm³/mol. The van der Waals surface area contributed by atoms with Crippen LogP contribution in [-0.2, 0) is 0 Å². The number of nitrogens with two attached hydrogens (primary N) is 2. The highest BCUT2D eigenvalue weighted by Gasteiger charge is 2.23. The summed E-state index contributed by atoms with van der Waals surface area (Å²) in [5, 5.41) is 0. The van der Waals surface area contributed by atoms with Crippen LogP contribution in [0.4, 0.5) is 5.95 Å². The third kappa shape index (κ3) is 3.24. The number of nitrogens with one attached hydrogen (secondary N) is 1. The van der Waals surface area contributed by atoms with Gasteiger partial charge in [0.2, 0.25) is 11.9 Å². The molecular weight excluding hydrogens is 465 g/mol. The number of aromatic nitrogens is 3. The maximum Gasteiger partial charge on any atom is 0.249 e. The fourth-order valence-corrected chi connectivity index (χ4v) is 4.13. The maximum atomic E-state index is 12.0. The van der Waals surface area contributed by atoms with Crippen LogP contribution in [0.1, 0.15) is 10.4 Å². The number of halogens is 1. The molecule has 2 aromatic carbocycles. The first-order valence-electron chi connectivity index (χ1n) is 8.51. The zero-order valence-electron chi connectivity index (χ0n) is 14.7. The lowest BCUT2D eigenvalue weighted by atomic mass is 9.96. The van der Waals surface area contributed by atoms with Crippen molar-refractivity contribution in [1.29, 1.82) is 0 Å². The summed E-state index contributed by atoms with van der Waals surface area (Å²) in [6.45, 7) is 0. The van der Waals surface area contributed by atoms with Gasteiger partial charge < -0.3 is 16.5 Å². The summed E-state index contributed by atoms with van der Waals surface area (Å²) in [6, 6.07) is 19.0. The molecule has 0 bridgehead atoms. The molecule has 0 saturated carbocycles. The molecule has 0 atom stereocenters. The van der Waals surface area contributed by atoms with Crippen LogP contribution in [0, 0.1) is 3.57 Å². The van der Waals surface area contributed by atoms with Gasteiger partial charge in [-0.3, -0.25) is 4.79 Å². The summed E-state index contributed by atoms with van der Waals surface area (Å²) in [6.07, 6.45) is 1.62. The molecule has 0 fully saturated rings. The normalized spacial score (nSPS) is 10.8. The summed E-state index contributed by atoms with van der Waals surface area (Å²) in [5.41, 5.74) is 16.9. The Balaban J connectivity index is 2.04. The number of carbonyl (C=O) groups is 1. The molecule has 2 aromatic heterocycles. The van der Waals surface area contributed by atoms with E-state index in [0.717, 1.165) is 31.6 Å². The summed E-state index contributed by atoms with van der Waals surface area (Å²) in [5.74, 6) is -0.275. The molecule has 138 valence electrons. The van der Waals surface area contributed by atoms with Crippen molar-refractivity contribution in [3.8, 4) is 33.8 Å². The molecule has 0 aliphatic heterocycles. The van der Waals surface area contributed by atoms with Gasteiger partial charge in [0.25, 0.3) is 0 Å². The van der Waals surface area contributed by atoms with E-state index >= 15 is 0 Å². The molecule has 0 unspecified atom stereocenters. The molecule has 0 aliphatic rings. The predicted octanol–water partition coefficient (Wildman–Crippen LogP) is 4.09. The zero-order chi connectivity index (χ0) is 19.7. The van der Waals surface area contributed by atoms with E-state index < -0.39 is 5.91 Å². The van der Waals surface area contributed by atoms with Crippen molar-refractivity contribution >= 4 is 34.4 Å². The molecule has 0 aliphatic carbocycles. The van der Waals surface area contributed by atoms with E-state index in [-0.39, 0.29) is 5.95 Å². The van der Waals surface area contributed by atoms with Crippen LogP contribution in [0.15, 0.2) is 66.9 Å². The Morgan fingerprint density at radius 1 is 0.964 bits per heavy atom. The number of nitrogens with zero attached hydrogens (tertiary/aromatic N) is 2. The Hall–Kier alpha value is -3.20. The van der Waals surface area contributed by atoms with Gasteiger partial charge in [-0.1, -0.05) is 48.5 Å². The molecule has 5 N–H and O–H groups in total. The van der Waals surface area contributed by atoms with Gasteiger partial charge in [0.15, 0.2) is 0 Å². The number of benzene rings is 2. The Morgan fingerprint density at radius 2 is 1.68 bits per heavy atom. The Morgan fingerprint density at radius 3 is 2.39 bits per heavy atom. The average Bonchev–Trinajstić information content (AvgIpc) is 3.05. The summed E-state index contributed by atoms with van der Waals surface area (Å²) in [7, 11) is 0. The van der Waals surface area contributed by atoms with E-state index in [0.29, 0.717) is 11.3 Å². The molecule has 1 amide bonds. The van der Waals surface area contributed by atoms with E-state index in [1.165, 1.54) is 0 Å². The molecule has 2 heterocycles. The van der Waals surface area contributed by atoms with Gasteiger partial charge in [-0.05, 0) is 45.9 Å². The van der Waals surface area contributed by atoms with Crippen LogP contribution in [0.5, 0.6) is 0 Å². The highest BCUT2D eigenvalue weighted by molar-refractivity contribution is 14.1. The minimum Gasteiger partial charge on any atom is -0.368 e. The lowest BCUT2D eigenvalue weighted by Crippen LogP contribution is -2.12. The van der Waals surface area contributed by atoms with Crippen LogP contribution in [0.3, 0.4) is 0 Å². The number of hydrogen-bond acceptors (Lipinski definition) is 4. The smallest absolute Gasteiger partial charge is 0.249 e. The SMILES string of the molecule is NC(=O)c1ccccc1-c1c(-c2ccccc2)[nH]c(-c2ccnc(N)n2)c1I. The van der Waals surface area contributed by atoms with Gasteiger partial charge >= 0.3 is 0 Å². The number of amides is 1. The van der Waals surface area contributed by atoms with E-state index in [1.807, 2.05) is 42.5 Å². The van der Waals surface area contributed by atoms with Crippen molar-refractivity contribution in [3.63, 3.8) is 0 Å². The van der Waals surface area contributed by atoms with Crippen LogP contribution < -0.4 is 11.5 Å². The molecule has 7 heteroatoms. The van der Waals surface area contributed by atoms with Crippen molar-refractivity contribution in [2.24, 2.45) is 5.73 Å². The van der Waals surface area contributed by atoms with Gasteiger partial charge in [0.1, 0.15) is 0 Å². The third-order valence-electron chi connectivity index (χ3n) is 4.39. The number of nitrogen functional groups attached to an aromatic ring is 1. The lowest BCUT2D eigenvalue weighted by Gasteiger charge is -2.09. The number of primary amides is 1. The summed E-state index contributed by atoms with van der Waals surface area (Å²) >= 11 is 2.26. The Bertz CT molecular complexity index is 1170. The molecule has 0 spiro atoms. The van der Waals surface area contributed by atoms with Crippen molar-refractivity contribution in [1.82, 2.24) is 15.0 Å². The topological polar surface area (TPSA) is 111 Å². The third-order valence-corrected chi connectivity index (χ3v) is 5.47. The zero-order valence-corrected chi connectivity index (χ0v) is 16.8. The first-order valence-corrected chi connectivity index (χ1v) is 9.59. The van der Waals surface area contributed by atoms with Gasteiger partial charge in [0.05, 0.1) is 17.1 Å². The standard InChI is InChI=1S/C21H16IN5O/c22-17-16(13-8-4-5-9-14(13)20(23)28)18(12-6-2-1-3-7-12)27-19(17)15-10-11-25-21(24)26-15/h1-11,27H,(H2,23,28)(H2,24,25,26). The van der Waals surface area contributed by atoms with Crippen LogP contribution >= 0.6 is 22.6 Å². The molecule has 4 rings (SSSR count). The molecule has 0 radical (unpaired) electrons. The van der Waals surface area contributed by atoms with Crippen molar-refractivity contribution in [2.45, 2.75) is 0 Å². The number of rotatable bonds is 4. The highest BCUT2D eigenvalue weighted by atomic mass is 127. The number of carbonyl (C=O) groups excluding carboxylic acids is 1. The summed E-state index contributed by atoms with van der Waals surface area (Å²) in [4.78, 5) is 23.8. The van der Waals surface area contributed by atoms with E-state index in [2.05, 4.69) is 37.5 Å². The fourth-order valence-electron chi connectivity index (χ4n) is 3.16. The highest BCUT2D eigenvalue weighted by Crippen LogP contribution is 2.41. The number of aromatic amines is 1. The van der Waals surface area contributed by atoms with Gasteiger partial charge in [-0.2, -0.15) is 0 Å². The van der Waals surface area contributed by atoms with E-state index in [9.17, 15) is 4.79 Å². The lowest BCUT2D eigenvalue weighted by molar-refractivity contribution is 0.100. The average molecular weight is 481 g/mol. The molecular formula is C21H16IN5O. The Kier molecular flexibility index (Phi) is 4.82. The van der Waals surface area contributed by atoms with E-state index in [1.54, 1.807) is 24.4 Å². The maximum absolute atomic E-state index is 12.0. The molecule has 28 heavy (non-hydrogen) atoms. The minimum atomic E-state index is -0.473. The Labute approximate surface area is 175 Å².